The van der Waals surface area contributed by atoms with Crippen molar-refractivity contribution >= 4 is 27.3 Å². The van der Waals surface area contributed by atoms with Crippen molar-refractivity contribution in [3.63, 3.8) is 0 Å². The number of nitrogens with one attached hydrogen (secondary N) is 1. The van der Waals surface area contributed by atoms with Crippen LogP contribution in [0.25, 0.3) is 0 Å². The van der Waals surface area contributed by atoms with Crippen molar-refractivity contribution in [2.45, 2.75) is 30.1 Å². The van der Waals surface area contributed by atoms with Gasteiger partial charge in [0.2, 0.25) is 15.0 Å². The highest BCUT2D eigenvalue weighted by Crippen LogP contribution is 2.29. The van der Waals surface area contributed by atoms with E-state index in [0.29, 0.717) is 31.0 Å². The van der Waals surface area contributed by atoms with Gasteiger partial charge in [-0.1, -0.05) is 11.6 Å². The molecule has 112 valence electrons. The molecule has 0 radical (unpaired) electrons. The molecule has 3 heterocycles. The summed E-state index contributed by atoms with van der Waals surface area (Å²) in [5.74, 6) is 0.316. The van der Waals surface area contributed by atoms with Gasteiger partial charge < -0.3 is 10.2 Å². The third-order valence-corrected chi connectivity index (χ3v) is 4.90. The molecule has 21 heavy (non-hydrogen) atoms. The van der Waals surface area contributed by atoms with Gasteiger partial charge in [0.25, 0.3) is 0 Å². The summed E-state index contributed by atoms with van der Waals surface area (Å²) in [6.45, 7) is 1.36. The van der Waals surface area contributed by atoms with E-state index in [-0.39, 0.29) is 15.9 Å². The van der Waals surface area contributed by atoms with E-state index in [9.17, 15) is 13.7 Å². The van der Waals surface area contributed by atoms with Gasteiger partial charge in [0, 0.05) is 31.4 Å². The fourth-order valence-electron chi connectivity index (χ4n) is 2.86. The highest BCUT2D eigenvalue weighted by molar-refractivity contribution is 7.90. The smallest absolute Gasteiger partial charge is 0.250 e. The molecule has 7 nitrogen and oxygen atoms in total. The standard InChI is InChI=1S/C12H14ClN5O2S/c1-21(19,20)12-16-10(13)9(4-14)11(17-12)18-5-7-2-3-8(6-18)15-7/h7-8,15H,2-3,5-6H2,1H3/t7-,8?/m1/s1. The molecule has 1 aromatic heterocycles. The molecule has 9 heteroatoms. The number of hydrogen-bond acceptors (Lipinski definition) is 7. The van der Waals surface area contributed by atoms with Crippen LogP contribution in [0.5, 0.6) is 0 Å². The normalized spacial score (nSPS) is 24.9. The molecule has 2 atom stereocenters. The first kappa shape index (κ1) is 14.5. The van der Waals surface area contributed by atoms with E-state index in [1.807, 2.05) is 11.0 Å². The molecule has 2 aliphatic rings. The Kier molecular flexibility index (Phi) is 3.51. The molecule has 1 N–H and O–H groups in total. The zero-order valence-corrected chi connectivity index (χ0v) is 12.9. The fraction of sp³-hybridized carbons (Fsp3) is 0.583. The van der Waals surface area contributed by atoms with Crippen molar-refractivity contribution in [1.29, 1.82) is 5.26 Å². The minimum Gasteiger partial charge on any atom is -0.352 e. The first-order valence-electron chi connectivity index (χ1n) is 6.57. The van der Waals surface area contributed by atoms with E-state index >= 15 is 0 Å². The molecule has 2 fully saturated rings. The predicted molar refractivity (Wildman–Crippen MR) is 77.0 cm³/mol. The molecule has 0 amide bonds. The summed E-state index contributed by atoms with van der Waals surface area (Å²) in [6, 6.07) is 2.65. The van der Waals surface area contributed by atoms with Gasteiger partial charge in [0.05, 0.1) is 0 Å². The van der Waals surface area contributed by atoms with Crippen LogP contribution in [0.2, 0.25) is 5.15 Å². The van der Waals surface area contributed by atoms with Gasteiger partial charge in [-0.25, -0.2) is 13.4 Å². The summed E-state index contributed by atoms with van der Waals surface area (Å²) in [6.07, 6.45) is 3.16. The summed E-state index contributed by atoms with van der Waals surface area (Å²) < 4.78 is 23.3. The number of fused-ring (bicyclic) bond motifs is 2. The first-order valence-corrected chi connectivity index (χ1v) is 8.84. The molecular weight excluding hydrogens is 314 g/mol. The Balaban J connectivity index is 2.08. The number of halogens is 1. The Labute approximate surface area is 127 Å². The average molecular weight is 328 g/mol. The molecule has 0 aliphatic carbocycles. The minimum absolute atomic E-state index is 0.117. The zero-order valence-electron chi connectivity index (χ0n) is 11.4. The maximum absolute atomic E-state index is 11.7. The van der Waals surface area contributed by atoms with Crippen LogP contribution in [0, 0.1) is 11.3 Å². The number of piperazine rings is 1. The highest BCUT2D eigenvalue weighted by Gasteiger charge is 2.34. The number of nitrogens with zero attached hydrogens (tertiary/aromatic N) is 4. The number of nitriles is 1. The molecular formula is C12H14ClN5O2S. The van der Waals surface area contributed by atoms with Crippen molar-refractivity contribution in [3.05, 3.63) is 10.7 Å². The Morgan fingerprint density at radius 3 is 2.48 bits per heavy atom. The quantitative estimate of drug-likeness (QED) is 0.618. The van der Waals surface area contributed by atoms with E-state index in [1.54, 1.807) is 0 Å². The van der Waals surface area contributed by atoms with E-state index in [4.69, 9.17) is 11.6 Å². The second-order valence-electron chi connectivity index (χ2n) is 5.42. The largest absolute Gasteiger partial charge is 0.352 e. The molecule has 3 rings (SSSR count). The molecule has 1 aromatic rings. The van der Waals surface area contributed by atoms with Gasteiger partial charge in [-0.15, -0.1) is 0 Å². The summed E-state index contributed by atoms with van der Waals surface area (Å²) >= 11 is 5.97. The Morgan fingerprint density at radius 2 is 1.95 bits per heavy atom. The van der Waals surface area contributed by atoms with Crippen molar-refractivity contribution in [3.8, 4) is 6.07 Å². The van der Waals surface area contributed by atoms with Gasteiger partial charge in [-0.05, 0) is 12.8 Å². The second-order valence-corrected chi connectivity index (χ2v) is 7.69. The van der Waals surface area contributed by atoms with Crippen molar-refractivity contribution < 1.29 is 8.42 Å². The van der Waals surface area contributed by atoms with Crippen LogP contribution in [0.4, 0.5) is 5.82 Å². The first-order chi connectivity index (χ1) is 9.88. The molecule has 2 aliphatic heterocycles. The fourth-order valence-corrected chi connectivity index (χ4v) is 3.63. The van der Waals surface area contributed by atoms with Crippen LogP contribution in [0.15, 0.2) is 5.16 Å². The molecule has 0 spiro atoms. The van der Waals surface area contributed by atoms with Crippen molar-refractivity contribution in [2.24, 2.45) is 0 Å². The van der Waals surface area contributed by atoms with E-state index in [2.05, 4.69) is 15.3 Å². The molecule has 1 unspecified atom stereocenters. The van der Waals surface area contributed by atoms with Gasteiger partial charge in [-0.3, -0.25) is 0 Å². The number of hydrogen-bond donors (Lipinski definition) is 1. The Morgan fingerprint density at radius 1 is 1.33 bits per heavy atom. The number of aromatic nitrogens is 2. The lowest BCUT2D eigenvalue weighted by Gasteiger charge is -2.34. The van der Waals surface area contributed by atoms with Gasteiger partial charge in [0.1, 0.15) is 11.6 Å². The highest BCUT2D eigenvalue weighted by atomic mass is 35.5. The van der Waals surface area contributed by atoms with Gasteiger partial charge in [0.15, 0.2) is 11.0 Å². The number of rotatable bonds is 2. The Bertz CT molecular complexity index is 718. The Hall–Kier alpha value is -1.43. The summed E-state index contributed by atoms with van der Waals surface area (Å²) in [5, 5.41) is 12.3. The SMILES string of the molecule is CS(=O)(=O)c1nc(Cl)c(C#N)c(N2CC3CC[C@H](C2)N3)n1. The lowest BCUT2D eigenvalue weighted by atomic mass is 10.2. The predicted octanol–water partition coefficient (Wildman–Crippen LogP) is 0.346. The van der Waals surface area contributed by atoms with E-state index in [0.717, 1.165) is 19.1 Å². The van der Waals surface area contributed by atoms with Crippen LogP contribution in [-0.2, 0) is 9.84 Å². The molecule has 0 saturated carbocycles. The lowest BCUT2D eigenvalue weighted by Crippen LogP contribution is -2.51. The lowest BCUT2D eigenvalue weighted by molar-refractivity contribution is 0.462. The molecule has 2 saturated heterocycles. The van der Waals surface area contributed by atoms with Crippen LogP contribution in [0.1, 0.15) is 18.4 Å². The summed E-state index contributed by atoms with van der Waals surface area (Å²) in [7, 11) is -3.58. The third-order valence-electron chi connectivity index (χ3n) is 3.78. The van der Waals surface area contributed by atoms with Gasteiger partial charge >= 0.3 is 0 Å². The number of anilines is 1. The topological polar surface area (TPSA) is 99.0 Å². The van der Waals surface area contributed by atoms with Crippen LogP contribution >= 0.6 is 11.6 Å². The van der Waals surface area contributed by atoms with Crippen LogP contribution < -0.4 is 10.2 Å². The monoisotopic (exact) mass is 327 g/mol. The summed E-state index contributed by atoms with van der Waals surface area (Å²) in [5.41, 5.74) is 0.130. The van der Waals surface area contributed by atoms with Crippen LogP contribution in [0.3, 0.4) is 0 Å². The third kappa shape index (κ3) is 2.69. The van der Waals surface area contributed by atoms with Crippen molar-refractivity contribution in [1.82, 2.24) is 15.3 Å². The van der Waals surface area contributed by atoms with Crippen molar-refractivity contribution in [2.75, 3.05) is 24.2 Å². The maximum Gasteiger partial charge on any atom is 0.250 e. The maximum atomic E-state index is 11.7. The molecule has 2 bridgehead atoms. The second kappa shape index (κ2) is 5.09. The summed E-state index contributed by atoms with van der Waals surface area (Å²) in [4.78, 5) is 9.74. The minimum atomic E-state index is -3.58. The van der Waals surface area contributed by atoms with E-state index in [1.165, 1.54) is 0 Å². The van der Waals surface area contributed by atoms with E-state index < -0.39 is 9.84 Å². The number of sulfone groups is 1. The van der Waals surface area contributed by atoms with Crippen LogP contribution in [-0.4, -0.2) is 49.8 Å². The van der Waals surface area contributed by atoms with Gasteiger partial charge in [-0.2, -0.15) is 10.2 Å². The average Bonchev–Trinajstić information content (AvgIpc) is 2.75. The zero-order chi connectivity index (χ0) is 15.2. The molecule has 0 aromatic carbocycles.